The Bertz CT molecular complexity index is 552. The normalized spacial score (nSPS) is 10.3. The van der Waals surface area contributed by atoms with Gasteiger partial charge in [0.1, 0.15) is 11.6 Å². The van der Waals surface area contributed by atoms with Gasteiger partial charge in [-0.25, -0.2) is 9.97 Å². The highest BCUT2D eigenvalue weighted by Gasteiger charge is 2.10. The van der Waals surface area contributed by atoms with Gasteiger partial charge in [0.2, 0.25) is 0 Å². The van der Waals surface area contributed by atoms with Crippen LogP contribution in [0.15, 0.2) is 24.4 Å². The van der Waals surface area contributed by atoms with Gasteiger partial charge < -0.3 is 10.5 Å². The van der Waals surface area contributed by atoms with Gasteiger partial charge in [-0.15, -0.1) is 0 Å². The van der Waals surface area contributed by atoms with E-state index in [9.17, 15) is 0 Å². The average molecular weight is 229 g/mol. The van der Waals surface area contributed by atoms with E-state index in [0.717, 1.165) is 22.4 Å². The lowest BCUT2D eigenvalue weighted by Crippen LogP contribution is -1.98. The molecule has 1 aromatic carbocycles. The average Bonchev–Trinajstić information content (AvgIpc) is 2.32. The van der Waals surface area contributed by atoms with Crippen LogP contribution in [-0.2, 0) is 0 Å². The van der Waals surface area contributed by atoms with Gasteiger partial charge in [-0.05, 0) is 43.2 Å². The highest BCUT2D eigenvalue weighted by atomic mass is 16.5. The number of benzene rings is 1. The molecule has 2 N–H and O–H groups in total. The van der Waals surface area contributed by atoms with Gasteiger partial charge >= 0.3 is 0 Å². The van der Waals surface area contributed by atoms with Crippen molar-refractivity contribution in [3.05, 3.63) is 35.5 Å². The third-order valence-electron chi connectivity index (χ3n) is 2.88. The van der Waals surface area contributed by atoms with Gasteiger partial charge in [0.25, 0.3) is 0 Å². The van der Waals surface area contributed by atoms with E-state index in [-0.39, 0.29) is 0 Å². The fraction of sp³-hybridized carbons (Fsp3) is 0.231. The van der Waals surface area contributed by atoms with Crippen LogP contribution in [0.1, 0.15) is 11.1 Å². The smallest absolute Gasteiger partial charge is 0.161 e. The molecule has 4 heteroatoms. The van der Waals surface area contributed by atoms with Gasteiger partial charge in [0.05, 0.1) is 7.11 Å². The zero-order chi connectivity index (χ0) is 12.4. The molecular weight excluding hydrogens is 214 g/mol. The van der Waals surface area contributed by atoms with Gasteiger partial charge in [-0.1, -0.05) is 0 Å². The molecule has 0 bridgehead atoms. The molecule has 0 aliphatic heterocycles. The highest BCUT2D eigenvalue weighted by Crippen LogP contribution is 2.29. The topological polar surface area (TPSA) is 61.0 Å². The van der Waals surface area contributed by atoms with Crippen molar-refractivity contribution in [3.8, 4) is 17.1 Å². The van der Waals surface area contributed by atoms with Gasteiger partial charge in [0.15, 0.2) is 5.82 Å². The van der Waals surface area contributed by atoms with Crippen LogP contribution in [0.5, 0.6) is 5.75 Å². The molecule has 1 heterocycles. The predicted molar refractivity (Wildman–Crippen MR) is 67.9 cm³/mol. The van der Waals surface area contributed by atoms with Crippen LogP contribution in [0.2, 0.25) is 0 Å². The summed E-state index contributed by atoms with van der Waals surface area (Å²) in [7, 11) is 1.67. The van der Waals surface area contributed by atoms with E-state index in [1.165, 1.54) is 0 Å². The third kappa shape index (κ3) is 2.06. The van der Waals surface area contributed by atoms with Crippen LogP contribution in [0.4, 0.5) is 5.82 Å². The zero-order valence-electron chi connectivity index (χ0n) is 10.2. The molecule has 0 saturated carbocycles. The van der Waals surface area contributed by atoms with Gasteiger partial charge in [-0.3, -0.25) is 0 Å². The van der Waals surface area contributed by atoms with E-state index in [2.05, 4.69) is 9.97 Å². The Balaban J connectivity index is 2.57. The van der Waals surface area contributed by atoms with Crippen LogP contribution >= 0.6 is 0 Å². The summed E-state index contributed by atoms with van der Waals surface area (Å²) in [5.41, 5.74) is 8.85. The molecule has 0 atom stereocenters. The summed E-state index contributed by atoms with van der Waals surface area (Å²) in [5, 5.41) is 0. The van der Waals surface area contributed by atoms with E-state index in [1.807, 2.05) is 26.0 Å². The van der Waals surface area contributed by atoms with Crippen molar-refractivity contribution >= 4 is 5.82 Å². The fourth-order valence-electron chi connectivity index (χ4n) is 1.76. The number of hydrogen-bond donors (Lipinski definition) is 1. The number of anilines is 1. The summed E-state index contributed by atoms with van der Waals surface area (Å²) >= 11 is 0. The number of nitrogens with two attached hydrogens (primary N) is 1. The first-order valence-corrected chi connectivity index (χ1v) is 5.36. The molecule has 0 saturated heterocycles. The van der Waals surface area contributed by atoms with E-state index in [4.69, 9.17) is 10.5 Å². The predicted octanol–water partition coefficient (Wildman–Crippen LogP) is 2.35. The number of hydrogen-bond acceptors (Lipinski definition) is 4. The Morgan fingerprint density at radius 2 is 1.88 bits per heavy atom. The summed E-state index contributed by atoms with van der Waals surface area (Å²) in [6, 6.07) is 5.55. The molecule has 0 aliphatic rings. The number of methoxy groups -OCH3 is 1. The first kappa shape index (κ1) is 11.4. The molecule has 2 aromatic rings. The minimum atomic E-state index is 0.475. The Morgan fingerprint density at radius 1 is 1.12 bits per heavy atom. The molecule has 0 spiro atoms. The van der Waals surface area contributed by atoms with Gasteiger partial charge in [0, 0.05) is 11.8 Å². The van der Waals surface area contributed by atoms with E-state index in [0.29, 0.717) is 11.6 Å². The Labute approximate surface area is 100 Å². The summed E-state index contributed by atoms with van der Waals surface area (Å²) in [6.07, 6.45) is 1.66. The Kier molecular flexibility index (Phi) is 2.95. The molecule has 0 unspecified atom stereocenters. The maximum Gasteiger partial charge on any atom is 0.161 e. The van der Waals surface area contributed by atoms with Crippen molar-refractivity contribution in [2.75, 3.05) is 12.8 Å². The van der Waals surface area contributed by atoms with Crippen molar-refractivity contribution in [2.24, 2.45) is 0 Å². The lowest BCUT2D eigenvalue weighted by Gasteiger charge is -2.11. The van der Waals surface area contributed by atoms with Crippen molar-refractivity contribution in [1.29, 1.82) is 0 Å². The molecule has 88 valence electrons. The SMILES string of the molecule is COc1ccc(-c2nccc(N)n2)c(C)c1C. The molecule has 0 radical (unpaired) electrons. The van der Waals surface area contributed by atoms with Crippen molar-refractivity contribution in [2.45, 2.75) is 13.8 Å². The second-order valence-corrected chi connectivity index (χ2v) is 3.87. The zero-order valence-corrected chi connectivity index (χ0v) is 10.2. The monoisotopic (exact) mass is 229 g/mol. The molecule has 17 heavy (non-hydrogen) atoms. The Hall–Kier alpha value is -2.10. The van der Waals surface area contributed by atoms with Crippen molar-refractivity contribution < 1.29 is 4.74 Å². The number of nitrogens with zero attached hydrogens (tertiary/aromatic N) is 2. The van der Waals surface area contributed by atoms with Crippen LogP contribution in [0, 0.1) is 13.8 Å². The number of rotatable bonds is 2. The molecule has 4 nitrogen and oxygen atoms in total. The van der Waals surface area contributed by atoms with Crippen LogP contribution in [0.3, 0.4) is 0 Å². The van der Waals surface area contributed by atoms with E-state index < -0.39 is 0 Å². The second-order valence-electron chi connectivity index (χ2n) is 3.87. The molecular formula is C13H15N3O. The van der Waals surface area contributed by atoms with Crippen molar-refractivity contribution in [1.82, 2.24) is 9.97 Å². The first-order valence-electron chi connectivity index (χ1n) is 5.36. The summed E-state index contributed by atoms with van der Waals surface area (Å²) in [6.45, 7) is 4.05. The summed E-state index contributed by atoms with van der Waals surface area (Å²) in [5.74, 6) is 1.99. The lowest BCUT2D eigenvalue weighted by atomic mass is 10.0. The highest BCUT2D eigenvalue weighted by molar-refractivity contribution is 5.65. The number of nitrogen functional groups attached to an aromatic ring is 1. The van der Waals surface area contributed by atoms with E-state index in [1.54, 1.807) is 19.4 Å². The third-order valence-corrected chi connectivity index (χ3v) is 2.88. The Morgan fingerprint density at radius 3 is 2.53 bits per heavy atom. The number of ether oxygens (including phenoxy) is 1. The minimum absolute atomic E-state index is 0.475. The van der Waals surface area contributed by atoms with E-state index >= 15 is 0 Å². The van der Waals surface area contributed by atoms with Crippen LogP contribution < -0.4 is 10.5 Å². The molecule has 1 aromatic heterocycles. The summed E-state index contributed by atoms with van der Waals surface area (Å²) in [4.78, 5) is 8.46. The molecule has 2 rings (SSSR count). The standard InChI is InChI=1S/C13H15N3O/c1-8-9(2)11(17-3)5-4-10(8)13-15-7-6-12(14)16-13/h4-7H,1-3H3,(H2,14,15,16). The number of aromatic nitrogens is 2. The maximum atomic E-state index is 5.66. The minimum Gasteiger partial charge on any atom is -0.496 e. The first-order chi connectivity index (χ1) is 8.13. The van der Waals surface area contributed by atoms with Crippen molar-refractivity contribution in [3.63, 3.8) is 0 Å². The molecule has 0 amide bonds. The second kappa shape index (κ2) is 4.41. The maximum absolute atomic E-state index is 5.66. The van der Waals surface area contributed by atoms with Crippen LogP contribution in [-0.4, -0.2) is 17.1 Å². The molecule has 0 fully saturated rings. The largest absolute Gasteiger partial charge is 0.496 e. The summed E-state index contributed by atoms with van der Waals surface area (Å²) < 4.78 is 5.27. The lowest BCUT2D eigenvalue weighted by molar-refractivity contribution is 0.411. The van der Waals surface area contributed by atoms with Crippen LogP contribution in [0.25, 0.3) is 11.4 Å². The van der Waals surface area contributed by atoms with Gasteiger partial charge in [-0.2, -0.15) is 0 Å². The quantitative estimate of drug-likeness (QED) is 0.858. The fourth-order valence-corrected chi connectivity index (χ4v) is 1.76. The molecule has 0 aliphatic carbocycles.